The fourth-order valence-electron chi connectivity index (χ4n) is 3.00. The molecule has 0 aliphatic carbocycles. The molecule has 1 aliphatic rings. The summed E-state index contributed by atoms with van der Waals surface area (Å²) in [6.45, 7) is 0.881. The van der Waals surface area contributed by atoms with Crippen LogP contribution >= 0.6 is 0 Å². The minimum Gasteiger partial charge on any atom is -0.492 e. The highest BCUT2D eigenvalue weighted by atomic mass is 16.6. The van der Waals surface area contributed by atoms with Gasteiger partial charge >= 0.3 is 0 Å². The van der Waals surface area contributed by atoms with E-state index in [4.69, 9.17) is 9.47 Å². The van der Waals surface area contributed by atoms with Crippen LogP contribution in [0.1, 0.15) is 18.2 Å². The number of hydrogen-bond donors (Lipinski definition) is 2. The third-order valence-electron chi connectivity index (χ3n) is 4.19. The molecule has 25 heavy (non-hydrogen) atoms. The maximum absolute atomic E-state index is 10.3. The molecule has 1 aromatic carbocycles. The van der Waals surface area contributed by atoms with Gasteiger partial charge in [-0.2, -0.15) is 4.98 Å². The van der Waals surface area contributed by atoms with Crippen LogP contribution < -0.4 is 0 Å². The first-order valence-corrected chi connectivity index (χ1v) is 8.04. The van der Waals surface area contributed by atoms with E-state index in [9.17, 15) is 10.2 Å². The molecule has 1 saturated heterocycles. The van der Waals surface area contributed by atoms with Gasteiger partial charge < -0.3 is 19.7 Å². The van der Waals surface area contributed by atoms with Crippen molar-refractivity contribution >= 4 is 11.2 Å². The largest absolute Gasteiger partial charge is 0.492 e. The number of fused-ring (bicyclic) bond motifs is 1. The Labute approximate surface area is 143 Å². The van der Waals surface area contributed by atoms with Gasteiger partial charge in [0.25, 0.3) is 0 Å². The van der Waals surface area contributed by atoms with Crippen molar-refractivity contribution in [2.24, 2.45) is 0 Å². The summed E-state index contributed by atoms with van der Waals surface area (Å²) in [5, 5.41) is 20.1. The van der Waals surface area contributed by atoms with Crippen LogP contribution in [0.15, 0.2) is 43.0 Å². The Balaban J connectivity index is 1.41. The van der Waals surface area contributed by atoms with E-state index in [1.165, 1.54) is 12.7 Å². The smallest absolute Gasteiger partial charge is 0.242 e. The summed E-state index contributed by atoms with van der Waals surface area (Å²) in [7, 11) is 0. The number of hydrogen-bond acceptors (Lipinski definition) is 7. The minimum atomic E-state index is -0.708. The normalized spacial score (nSPS) is 23.3. The molecule has 2 aromatic heterocycles. The number of benzene rings is 1. The SMILES string of the molecule is Oc1ncnc2c1ncn2[C@@H]1O[C@H](COCc2ccccc2)C[C@H]1O. The number of nitrogens with zero attached hydrogens (tertiary/aromatic N) is 4. The van der Waals surface area contributed by atoms with Crippen LogP contribution in [0.2, 0.25) is 0 Å². The van der Waals surface area contributed by atoms with E-state index in [1.54, 1.807) is 4.57 Å². The molecule has 0 unspecified atom stereocenters. The van der Waals surface area contributed by atoms with Crippen molar-refractivity contribution in [3.05, 3.63) is 48.5 Å². The average molecular weight is 342 g/mol. The molecule has 0 saturated carbocycles. The summed E-state index contributed by atoms with van der Waals surface area (Å²) in [5.74, 6) is -0.195. The highest BCUT2D eigenvalue weighted by Gasteiger charge is 2.36. The molecule has 2 N–H and O–H groups in total. The number of aliphatic hydroxyl groups is 1. The predicted octanol–water partition coefficient (Wildman–Crippen LogP) is 1.40. The lowest BCUT2D eigenvalue weighted by atomic mass is 10.2. The van der Waals surface area contributed by atoms with Gasteiger partial charge in [-0.3, -0.25) is 4.57 Å². The zero-order valence-corrected chi connectivity index (χ0v) is 13.4. The number of aliphatic hydroxyl groups excluding tert-OH is 1. The Morgan fingerprint density at radius 3 is 2.88 bits per heavy atom. The fourth-order valence-corrected chi connectivity index (χ4v) is 3.00. The average Bonchev–Trinajstić information content (AvgIpc) is 3.20. The molecule has 0 spiro atoms. The molecule has 8 heteroatoms. The highest BCUT2D eigenvalue weighted by Crippen LogP contribution is 2.32. The molecule has 3 atom stereocenters. The first-order valence-electron chi connectivity index (χ1n) is 8.04. The van der Waals surface area contributed by atoms with Gasteiger partial charge in [0.15, 0.2) is 17.4 Å². The van der Waals surface area contributed by atoms with E-state index in [0.717, 1.165) is 5.56 Å². The van der Waals surface area contributed by atoms with Gasteiger partial charge in [-0.1, -0.05) is 30.3 Å². The summed E-state index contributed by atoms with van der Waals surface area (Å²) >= 11 is 0. The minimum absolute atomic E-state index is 0.195. The molecular formula is C17H18N4O4. The van der Waals surface area contributed by atoms with Gasteiger partial charge in [0.1, 0.15) is 12.4 Å². The zero-order valence-electron chi connectivity index (χ0n) is 13.4. The topological polar surface area (TPSA) is 103 Å². The van der Waals surface area contributed by atoms with E-state index in [0.29, 0.717) is 25.3 Å². The van der Waals surface area contributed by atoms with Crippen molar-refractivity contribution in [2.75, 3.05) is 6.61 Å². The number of ether oxygens (including phenoxy) is 2. The van der Waals surface area contributed by atoms with Crippen molar-refractivity contribution in [3.63, 3.8) is 0 Å². The van der Waals surface area contributed by atoms with Gasteiger partial charge in [-0.25, -0.2) is 9.97 Å². The fraction of sp³-hybridized carbons (Fsp3) is 0.353. The second-order valence-electron chi connectivity index (χ2n) is 5.97. The Hall–Kier alpha value is -2.55. The van der Waals surface area contributed by atoms with Crippen LogP contribution in [0.25, 0.3) is 11.2 Å². The molecule has 130 valence electrons. The summed E-state index contributed by atoms with van der Waals surface area (Å²) in [4.78, 5) is 11.9. The van der Waals surface area contributed by atoms with Crippen molar-refractivity contribution in [2.45, 2.75) is 31.5 Å². The van der Waals surface area contributed by atoms with Gasteiger partial charge in [-0.05, 0) is 5.56 Å². The number of imidazole rings is 1. The van der Waals surface area contributed by atoms with Gasteiger partial charge in [0.2, 0.25) is 5.88 Å². The third-order valence-corrected chi connectivity index (χ3v) is 4.19. The van der Waals surface area contributed by atoms with Crippen LogP contribution in [0.3, 0.4) is 0 Å². The Bertz CT molecular complexity index is 854. The Morgan fingerprint density at radius 2 is 2.04 bits per heavy atom. The first-order chi connectivity index (χ1) is 12.2. The molecule has 3 heterocycles. The Morgan fingerprint density at radius 1 is 1.20 bits per heavy atom. The van der Waals surface area contributed by atoms with E-state index in [1.807, 2.05) is 30.3 Å². The van der Waals surface area contributed by atoms with Crippen molar-refractivity contribution in [1.29, 1.82) is 0 Å². The van der Waals surface area contributed by atoms with Gasteiger partial charge in [0, 0.05) is 6.42 Å². The highest BCUT2D eigenvalue weighted by molar-refractivity contribution is 5.75. The molecule has 0 bridgehead atoms. The quantitative estimate of drug-likeness (QED) is 0.722. The van der Waals surface area contributed by atoms with E-state index in [-0.39, 0.29) is 17.5 Å². The third kappa shape index (κ3) is 3.19. The molecular weight excluding hydrogens is 324 g/mol. The zero-order chi connectivity index (χ0) is 17.2. The first kappa shape index (κ1) is 15.9. The molecule has 4 rings (SSSR count). The van der Waals surface area contributed by atoms with E-state index >= 15 is 0 Å². The van der Waals surface area contributed by atoms with Gasteiger partial charge in [0.05, 0.1) is 25.6 Å². The molecule has 8 nitrogen and oxygen atoms in total. The lowest BCUT2D eigenvalue weighted by molar-refractivity contribution is -0.0623. The maximum atomic E-state index is 10.3. The monoisotopic (exact) mass is 342 g/mol. The molecule has 3 aromatic rings. The summed E-state index contributed by atoms with van der Waals surface area (Å²) in [6, 6.07) is 9.88. The van der Waals surface area contributed by atoms with Crippen molar-refractivity contribution in [1.82, 2.24) is 19.5 Å². The van der Waals surface area contributed by atoms with Crippen LogP contribution in [-0.4, -0.2) is 48.5 Å². The molecule has 1 aliphatic heterocycles. The second kappa shape index (κ2) is 6.75. The number of aromatic nitrogens is 4. The predicted molar refractivity (Wildman–Crippen MR) is 87.6 cm³/mol. The van der Waals surface area contributed by atoms with E-state index < -0.39 is 12.3 Å². The molecule has 0 radical (unpaired) electrons. The van der Waals surface area contributed by atoms with Crippen LogP contribution in [0.4, 0.5) is 0 Å². The summed E-state index contributed by atoms with van der Waals surface area (Å²) in [5.41, 5.74) is 1.79. The number of rotatable bonds is 5. The Kier molecular flexibility index (Phi) is 4.31. The summed E-state index contributed by atoms with van der Waals surface area (Å²) < 4.78 is 13.2. The number of aromatic hydroxyl groups is 1. The second-order valence-corrected chi connectivity index (χ2v) is 5.97. The van der Waals surface area contributed by atoms with E-state index in [2.05, 4.69) is 15.0 Å². The lowest BCUT2D eigenvalue weighted by Crippen LogP contribution is -2.19. The molecule has 1 fully saturated rings. The van der Waals surface area contributed by atoms with Crippen LogP contribution in [0.5, 0.6) is 5.88 Å². The maximum Gasteiger partial charge on any atom is 0.242 e. The van der Waals surface area contributed by atoms with Crippen LogP contribution in [0, 0.1) is 0 Å². The van der Waals surface area contributed by atoms with Crippen molar-refractivity contribution in [3.8, 4) is 5.88 Å². The molecule has 0 amide bonds. The van der Waals surface area contributed by atoms with Crippen molar-refractivity contribution < 1.29 is 19.7 Å². The van der Waals surface area contributed by atoms with Crippen LogP contribution in [-0.2, 0) is 16.1 Å². The van der Waals surface area contributed by atoms with Gasteiger partial charge in [-0.15, -0.1) is 0 Å². The lowest BCUT2D eigenvalue weighted by Gasteiger charge is -2.17. The summed E-state index contributed by atoms with van der Waals surface area (Å²) in [6.07, 6.45) is 1.63. The standard InChI is InChI=1S/C17H18N4O4/c22-13-6-12(8-24-7-11-4-2-1-3-5-11)25-17(13)21-10-20-14-15(21)18-9-19-16(14)23/h1-5,9-10,12-13,17,22H,6-8H2,(H,18,19,23)/t12-,13+,17+/m0/s1.